The Morgan fingerprint density at radius 3 is 1.95 bits per heavy atom. The summed E-state index contributed by atoms with van der Waals surface area (Å²) < 4.78 is 47.5. The van der Waals surface area contributed by atoms with Crippen LogP contribution in [0.1, 0.15) is 77.0 Å². The van der Waals surface area contributed by atoms with E-state index in [4.69, 9.17) is 37.9 Å². The van der Waals surface area contributed by atoms with E-state index in [1.54, 1.807) is 0 Å². The van der Waals surface area contributed by atoms with E-state index < -0.39 is 166 Å². The average molecular weight is 913 g/mol. The van der Waals surface area contributed by atoms with E-state index in [0.717, 1.165) is 12.8 Å². The second kappa shape index (κ2) is 21.7. The van der Waals surface area contributed by atoms with Gasteiger partial charge in [-0.2, -0.15) is 0 Å². The Morgan fingerprint density at radius 2 is 1.22 bits per heavy atom. The van der Waals surface area contributed by atoms with Crippen molar-refractivity contribution in [3.05, 3.63) is 0 Å². The van der Waals surface area contributed by atoms with Gasteiger partial charge in [-0.25, -0.2) is 0 Å². The highest BCUT2D eigenvalue weighted by Gasteiger charge is 2.55. The summed E-state index contributed by atoms with van der Waals surface area (Å²) in [6.07, 6.45) is -25.4. The zero-order valence-corrected chi connectivity index (χ0v) is 35.0. The largest absolute Gasteiger partial charge is 0.463 e. The van der Waals surface area contributed by atoms with Crippen molar-refractivity contribution in [1.29, 1.82) is 0 Å². The van der Waals surface area contributed by atoms with Crippen molar-refractivity contribution < 1.29 is 109 Å². The van der Waals surface area contributed by atoms with Gasteiger partial charge < -0.3 is 104 Å². The highest BCUT2D eigenvalue weighted by Crippen LogP contribution is 2.44. The third kappa shape index (κ3) is 11.7. The molecule has 0 bridgehead atoms. The molecule has 3 aliphatic carbocycles. The van der Waals surface area contributed by atoms with Crippen molar-refractivity contribution in [2.45, 2.75) is 212 Å². The maximum atomic E-state index is 12.6. The number of carbonyl (C=O) groups is 1. The fourth-order valence-electron chi connectivity index (χ4n) is 10.3. The first-order valence-corrected chi connectivity index (χ1v) is 22.5. The molecular formula is C41H68O22. The first kappa shape index (κ1) is 49.6. The van der Waals surface area contributed by atoms with Crippen molar-refractivity contribution in [2.75, 3.05) is 19.8 Å². The number of hydrogen-bond acceptors (Lipinski definition) is 22. The monoisotopic (exact) mass is 912 g/mol. The second-order valence-electron chi connectivity index (χ2n) is 18.7. The SMILES string of the molecule is O=C(CCC1CCC(O)CC1)OCC1OC(OCC2OC(OC3CC4C(O)CC(O)CC4OC3C3CCC(O)C(O)C3)C(OC3OCC(O)C(O)C3O)C(O)C2O)C(O)C(O)C1O. The van der Waals surface area contributed by atoms with Gasteiger partial charge in [-0.3, -0.25) is 4.79 Å². The molecule has 4 heterocycles. The molecule has 7 fully saturated rings. The number of aliphatic hydroxyl groups is 13. The molecule has 7 rings (SSSR count). The van der Waals surface area contributed by atoms with E-state index in [-0.39, 0.29) is 50.5 Å². The summed E-state index contributed by atoms with van der Waals surface area (Å²) in [4.78, 5) is 12.6. The Morgan fingerprint density at radius 1 is 0.540 bits per heavy atom. The van der Waals surface area contributed by atoms with Crippen molar-refractivity contribution in [2.24, 2.45) is 17.8 Å². The van der Waals surface area contributed by atoms with Crippen LogP contribution in [0.25, 0.3) is 0 Å². The van der Waals surface area contributed by atoms with Crippen LogP contribution in [-0.4, -0.2) is 227 Å². The van der Waals surface area contributed by atoms with E-state index in [1.807, 2.05) is 0 Å². The van der Waals surface area contributed by atoms with Crippen LogP contribution < -0.4 is 0 Å². The maximum absolute atomic E-state index is 12.6. The number of carbonyl (C=O) groups excluding carboxylic acids is 1. The standard InChI is InChI=1S/C41H68O22/c42-18-5-1-16(2-6-18)3-8-29(48)56-14-27-31(50)33(52)36(55)39(61-27)58-15-28-32(51)34(53)38(63-40-35(54)30(49)24(47)13-57-40)41(62-28)60-26-12-20-22(45)10-19(43)11-25(20)59-37(26)17-4-7-21(44)23(46)9-17/h16-28,30-47,49-55H,1-15H2. The summed E-state index contributed by atoms with van der Waals surface area (Å²) >= 11 is 0. The van der Waals surface area contributed by atoms with Crippen LogP contribution in [0.15, 0.2) is 0 Å². The van der Waals surface area contributed by atoms with Crippen molar-refractivity contribution >= 4 is 5.97 Å². The molecule has 23 unspecified atom stereocenters. The fraction of sp³-hybridized carbons (Fsp3) is 0.976. The smallest absolute Gasteiger partial charge is 0.305 e. The molecule has 4 aliphatic heterocycles. The van der Waals surface area contributed by atoms with E-state index >= 15 is 0 Å². The van der Waals surface area contributed by atoms with Gasteiger partial charge in [0, 0.05) is 12.3 Å². The predicted octanol–water partition coefficient (Wildman–Crippen LogP) is -4.85. The highest BCUT2D eigenvalue weighted by atomic mass is 16.8. The maximum Gasteiger partial charge on any atom is 0.305 e. The van der Waals surface area contributed by atoms with Gasteiger partial charge in [0.05, 0.1) is 62.0 Å². The van der Waals surface area contributed by atoms with Crippen molar-refractivity contribution in [1.82, 2.24) is 0 Å². The lowest BCUT2D eigenvalue weighted by Gasteiger charge is -2.51. The number of aliphatic hydroxyl groups excluding tert-OH is 13. The number of ether oxygens (including phenoxy) is 8. The lowest BCUT2D eigenvalue weighted by atomic mass is 9.72. The molecule has 63 heavy (non-hydrogen) atoms. The zero-order chi connectivity index (χ0) is 45.3. The predicted molar refractivity (Wildman–Crippen MR) is 206 cm³/mol. The van der Waals surface area contributed by atoms with Crippen LogP contribution in [0.3, 0.4) is 0 Å². The van der Waals surface area contributed by atoms with Gasteiger partial charge >= 0.3 is 5.97 Å². The molecule has 22 heteroatoms. The molecule has 364 valence electrons. The van der Waals surface area contributed by atoms with E-state index in [0.29, 0.717) is 25.7 Å². The Hall–Kier alpha value is -1.33. The molecule has 0 aromatic carbocycles. The minimum Gasteiger partial charge on any atom is -0.463 e. The van der Waals surface area contributed by atoms with Crippen molar-refractivity contribution in [3.63, 3.8) is 0 Å². The Balaban J connectivity index is 1.05. The van der Waals surface area contributed by atoms with Crippen LogP contribution in [0.2, 0.25) is 0 Å². The molecule has 0 amide bonds. The number of rotatable bonds is 13. The lowest BCUT2D eigenvalue weighted by Crippen LogP contribution is -2.65. The molecule has 13 N–H and O–H groups in total. The van der Waals surface area contributed by atoms with Crippen LogP contribution in [0.4, 0.5) is 0 Å². The topological polar surface area (TPSA) is 354 Å². The highest BCUT2D eigenvalue weighted by molar-refractivity contribution is 5.69. The summed E-state index contributed by atoms with van der Waals surface area (Å²) in [6, 6.07) is 0. The number of hydrogen-bond donors (Lipinski definition) is 13. The summed E-state index contributed by atoms with van der Waals surface area (Å²) in [5, 5.41) is 139. The minimum absolute atomic E-state index is 0.0777. The minimum atomic E-state index is -1.90. The molecule has 0 radical (unpaired) electrons. The first-order valence-electron chi connectivity index (χ1n) is 22.5. The second-order valence-corrected chi connectivity index (χ2v) is 18.7. The van der Waals surface area contributed by atoms with Gasteiger partial charge in [0.1, 0.15) is 73.8 Å². The Bertz CT molecular complexity index is 1440. The quantitative estimate of drug-likeness (QED) is 0.0771. The summed E-state index contributed by atoms with van der Waals surface area (Å²) in [5.74, 6) is -1.24. The van der Waals surface area contributed by atoms with Gasteiger partial charge in [0.15, 0.2) is 18.9 Å². The number of esters is 1. The van der Waals surface area contributed by atoms with Crippen LogP contribution in [0.5, 0.6) is 0 Å². The van der Waals surface area contributed by atoms with Gasteiger partial charge in [-0.05, 0) is 82.5 Å². The Labute approximate surface area is 364 Å². The molecule has 0 aromatic heterocycles. The van der Waals surface area contributed by atoms with Crippen LogP contribution in [0, 0.1) is 17.8 Å². The summed E-state index contributed by atoms with van der Waals surface area (Å²) in [6.45, 7) is -1.61. The van der Waals surface area contributed by atoms with Crippen molar-refractivity contribution in [3.8, 4) is 0 Å². The fourth-order valence-corrected chi connectivity index (χ4v) is 10.3. The van der Waals surface area contributed by atoms with Crippen LogP contribution >= 0.6 is 0 Å². The van der Waals surface area contributed by atoms with Gasteiger partial charge in [-0.15, -0.1) is 0 Å². The van der Waals surface area contributed by atoms with Crippen LogP contribution in [-0.2, 0) is 42.7 Å². The average Bonchev–Trinajstić information content (AvgIpc) is 3.25. The Kier molecular flexibility index (Phi) is 17.1. The van der Waals surface area contributed by atoms with Gasteiger partial charge in [0.2, 0.25) is 0 Å². The molecule has 7 aliphatic rings. The van der Waals surface area contributed by atoms with E-state index in [9.17, 15) is 71.2 Å². The molecule has 0 spiro atoms. The van der Waals surface area contributed by atoms with E-state index in [2.05, 4.69) is 0 Å². The normalized spacial score (nSPS) is 51.0. The molecule has 23 atom stereocenters. The third-order valence-corrected chi connectivity index (χ3v) is 14.3. The lowest BCUT2D eigenvalue weighted by molar-refractivity contribution is -0.376. The first-order chi connectivity index (χ1) is 30.0. The summed E-state index contributed by atoms with van der Waals surface area (Å²) in [5.41, 5.74) is 0. The third-order valence-electron chi connectivity index (χ3n) is 14.3. The van der Waals surface area contributed by atoms with Gasteiger partial charge in [-0.1, -0.05) is 0 Å². The molecule has 22 nitrogen and oxygen atoms in total. The summed E-state index contributed by atoms with van der Waals surface area (Å²) in [7, 11) is 0. The zero-order valence-electron chi connectivity index (χ0n) is 35.0. The molecule has 3 saturated carbocycles. The molecular weight excluding hydrogens is 844 g/mol. The molecule has 4 saturated heterocycles. The molecule has 0 aromatic rings. The number of fused-ring (bicyclic) bond motifs is 1. The van der Waals surface area contributed by atoms with E-state index in [1.165, 1.54) is 0 Å². The van der Waals surface area contributed by atoms with Gasteiger partial charge in [0.25, 0.3) is 0 Å².